The Labute approximate surface area is 125 Å². The number of benzene rings is 1. The van der Waals surface area contributed by atoms with Gasteiger partial charge < -0.3 is 5.32 Å². The molecule has 4 nitrogen and oxygen atoms in total. The number of nitrogens with one attached hydrogen (secondary N) is 1. The highest BCUT2D eigenvalue weighted by atomic mass is 35.5. The number of aromatic nitrogens is 2. The molecular formula is C12H9Cl2N3OS. The van der Waals surface area contributed by atoms with Gasteiger partial charge in [-0.3, -0.25) is 4.79 Å². The average Bonchev–Trinajstić information content (AvgIpc) is 2.30. The van der Waals surface area contributed by atoms with Crippen molar-refractivity contribution in [2.75, 3.05) is 5.32 Å². The van der Waals surface area contributed by atoms with Crippen LogP contribution in [-0.2, 0) is 0 Å². The smallest absolute Gasteiger partial charge is 0.223 e. The van der Waals surface area contributed by atoms with E-state index in [4.69, 9.17) is 23.2 Å². The molecule has 0 fully saturated rings. The van der Waals surface area contributed by atoms with Crippen molar-refractivity contribution in [3.8, 4) is 0 Å². The lowest BCUT2D eigenvalue weighted by atomic mass is 10.3. The zero-order valence-electron chi connectivity index (χ0n) is 9.82. The van der Waals surface area contributed by atoms with Crippen LogP contribution in [0.15, 0.2) is 24.3 Å². The number of carbonyl (C=O) groups excluding carboxylic acids is 1. The topological polar surface area (TPSA) is 54.9 Å². The third-order valence-electron chi connectivity index (χ3n) is 2.32. The molecule has 0 aliphatic heterocycles. The first-order valence-corrected chi connectivity index (χ1v) is 6.48. The molecule has 2 rings (SSSR count). The number of rotatable bonds is 3. The molecule has 2 aromatic rings. The van der Waals surface area contributed by atoms with E-state index in [0.717, 1.165) is 0 Å². The molecule has 0 aliphatic rings. The molecule has 1 aromatic heterocycles. The molecule has 0 atom stereocenters. The van der Waals surface area contributed by atoms with Gasteiger partial charge in [0.1, 0.15) is 22.4 Å². The first-order chi connectivity index (χ1) is 8.99. The van der Waals surface area contributed by atoms with Crippen LogP contribution in [0.1, 0.15) is 16.2 Å². The molecule has 0 amide bonds. The highest BCUT2D eigenvalue weighted by Gasteiger charge is 2.17. The quantitative estimate of drug-likeness (QED) is 0.666. The van der Waals surface area contributed by atoms with Crippen molar-refractivity contribution in [1.29, 1.82) is 0 Å². The number of hydrogen-bond acceptors (Lipinski definition) is 4. The fraction of sp³-hybridized carbons (Fsp3) is 0.0833. The monoisotopic (exact) mass is 313 g/mol. The number of thiol groups is 1. The molecule has 0 saturated carbocycles. The van der Waals surface area contributed by atoms with Crippen molar-refractivity contribution >= 4 is 52.5 Å². The van der Waals surface area contributed by atoms with E-state index in [1.165, 1.54) is 0 Å². The fourth-order valence-electron chi connectivity index (χ4n) is 1.51. The van der Waals surface area contributed by atoms with Crippen LogP contribution in [0.2, 0.25) is 10.2 Å². The van der Waals surface area contributed by atoms with Gasteiger partial charge >= 0.3 is 0 Å². The highest BCUT2D eigenvalue weighted by Crippen LogP contribution is 2.29. The van der Waals surface area contributed by atoms with Crippen molar-refractivity contribution in [2.45, 2.75) is 6.92 Å². The van der Waals surface area contributed by atoms with Crippen LogP contribution in [0.4, 0.5) is 11.5 Å². The molecule has 0 saturated heterocycles. The summed E-state index contributed by atoms with van der Waals surface area (Å²) in [6, 6.07) is 7.10. The van der Waals surface area contributed by atoms with E-state index >= 15 is 0 Å². The molecule has 0 aliphatic carbocycles. The van der Waals surface area contributed by atoms with Crippen LogP contribution >= 0.6 is 35.8 Å². The number of halogens is 2. The Bertz CT molecular complexity index is 649. The number of para-hydroxylation sites is 1. The van der Waals surface area contributed by atoms with Crippen molar-refractivity contribution in [1.82, 2.24) is 9.97 Å². The molecule has 1 N–H and O–H groups in total. The second-order valence-electron chi connectivity index (χ2n) is 3.70. The minimum atomic E-state index is -0.514. The molecule has 1 heterocycles. The molecule has 0 spiro atoms. The molecule has 1 aromatic carbocycles. The summed E-state index contributed by atoms with van der Waals surface area (Å²) < 4.78 is 0. The largest absolute Gasteiger partial charge is 0.338 e. The van der Waals surface area contributed by atoms with Crippen LogP contribution in [0, 0.1) is 6.92 Å². The molecule has 0 bridgehead atoms. The number of anilines is 2. The Balaban J connectivity index is 2.51. The third-order valence-corrected chi connectivity index (χ3v) is 3.14. The predicted octanol–water partition coefficient (Wildman–Crippen LogP) is 3.91. The van der Waals surface area contributed by atoms with Gasteiger partial charge in [0.05, 0.1) is 10.7 Å². The Kier molecular flexibility index (Phi) is 4.29. The van der Waals surface area contributed by atoms with Crippen LogP contribution in [0.5, 0.6) is 0 Å². The number of nitrogens with zero attached hydrogens (tertiary/aromatic N) is 2. The van der Waals surface area contributed by atoms with Crippen LogP contribution in [0.3, 0.4) is 0 Å². The van der Waals surface area contributed by atoms with Gasteiger partial charge in [-0.1, -0.05) is 35.3 Å². The SMILES string of the molecule is Cc1nc(Cl)c(C(=O)S)c(Nc2ccccc2Cl)n1. The maximum Gasteiger partial charge on any atom is 0.223 e. The fourth-order valence-corrected chi connectivity index (χ4v) is 2.27. The standard InChI is InChI=1S/C12H9Cl2N3OS/c1-6-15-10(14)9(12(18)19)11(16-6)17-8-5-3-2-4-7(8)13/h2-5H,1H3,(H,18,19)(H,15,16,17). The Morgan fingerprint density at radius 3 is 2.58 bits per heavy atom. The normalized spacial score (nSPS) is 10.3. The minimum Gasteiger partial charge on any atom is -0.338 e. The summed E-state index contributed by atoms with van der Waals surface area (Å²) in [7, 11) is 0. The van der Waals surface area contributed by atoms with Crippen molar-refractivity contribution < 1.29 is 4.79 Å². The van der Waals surface area contributed by atoms with Gasteiger partial charge in [-0.2, -0.15) is 0 Å². The van der Waals surface area contributed by atoms with E-state index in [1.54, 1.807) is 25.1 Å². The summed E-state index contributed by atoms with van der Waals surface area (Å²) in [6.07, 6.45) is 0. The lowest BCUT2D eigenvalue weighted by Gasteiger charge is -2.11. The van der Waals surface area contributed by atoms with Gasteiger partial charge in [0.15, 0.2) is 0 Å². The van der Waals surface area contributed by atoms with Gasteiger partial charge in [-0.05, 0) is 19.1 Å². The van der Waals surface area contributed by atoms with E-state index in [1.807, 2.05) is 6.07 Å². The van der Waals surface area contributed by atoms with Crippen molar-refractivity contribution in [3.05, 3.63) is 45.8 Å². The minimum absolute atomic E-state index is 0.0575. The van der Waals surface area contributed by atoms with Gasteiger partial charge in [0.25, 0.3) is 0 Å². The molecule has 19 heavy (non-hydrogen) atoms. The summed E-state index contributed by atoms with van der Waals surface area (Å²) in [5.41, 5.74) is 0.740. The second kappa shape index (κ2) is 5.77. The third kappa shape index (κ3) is 3.18. The number of carbonyl (C=O) groups is 1. The second-order valence-corrected chi connectivity index (χ2v) is 4.87. The maximum absolute atomic E-state index is 11.5. The van der Waals surface area contributed by atoms with E-state index in [0.29, 0.717) is 16.5 Å². The van der Waals surface area contributed by atoms with Crippen molar-refractivity contribution in [2.24, 2.45) is 0 Å². The van der Waals surface area contributed by atoms with Crippen LogP contribution in [-0.4, -0.2) is 15.1 Å². The predicted molar refractivity (Wildman–Crippen MR) is 79.8 cm³/mol. The van der Waals surface area contributed by atoms with Crippen LogP contribution < -0.4 is 5.32 Å². The number of aryl methyl sites for hydroxylation is 1. The van der Waals surface area contributed by atoms with Crippen molar-refractivity contribution in [3.63, 3.8) is 0 Å². The maximum atomic E-state index is 11.5. The molecule has 7 heteroatoms. The average molecular weight is 314 g/mol. The van der Waals surface area contributed by atoms with E-state index < -0.39 is 5.12 Å². The van der Waals surface area contributed by atoms with Crippen LogP contribution in [0.25, 0.3) is 0 Å². The molecule has 0 radical (unpaired) electrons. The summed E-state index contributed by atoms with van der Waals surface area (Å²) in [5, 5.41) is 3.02. The zero-order chi connectivity index (χ0) is 14.0. The zero-order valence-corrected chi connectivity index (χ0v) is 12.2. The lowest BCUT2D eigenvalue weighted by molar-refractivity contribution is 0.109. The number of hydrogen-bond donors (Lipinski definition) is 2. The summed E-state index contributed by atoms with van der Waals surface area (Å²) >= 11 is 15.8. The Morgan fingerprint density at radius 2 is 1.95 bits per heavy atom. The molecule has 0 unspecified atom stereocenters. The Hall–Kier alpha value is -1.30. The van der Waals surface area contributed by atoms with E-state index in [-0.39, 0.29) is 16.5 Å². The van der Waals surface area contributed by atoms with Gasteiger partial charge in [-0.25, -0.2) is 9.97 Å². The summed E-state index contributed by atoms with van der Waals surface area (Å²) in [4.78, 5) is 19.6. The first kappa shape index (κ1) is 14.1. The lowest BCUT2D eigenvalue weighted by Crippen LogP contribution is -2.06. The Morgan fingerprint density at radius 1 is 1.26 bits per heavy atom. The van der Waals surface area contributed by atoms with Gasteiger partial charge in [-0.15, -0.1) is 12.6 Å². The van der Waals surface area contributed by atoms with Gasteiger partial charge in [0.2, 0.25) is 5.12 Å². The van der Waals surface area contributed by atoms with Gasteiger partial charge in [0, 0.05) is 0 Å². The molecular weight excluding hydrogens is 305 g/mol. The first-order valence-electron chi connectivity index (χ1n) is 5.28. The summed E-state index contributed by atoms with van der Waals surface area (Å²) in [5.74, 6) is 0.725. The van der Waals surface area contributed by atoms with E-state index in [9.17, 15) is 4.79 Å². The van der Waals surface area contributed by atoms with E-state index in [2.05, 4.69) is 27.9 Å². The molecule has 98 valence electrons. The highest BCUT2D eigenvalue weighted by molar-refractivity contribution is 7.97. The summed E-state index contributed by atoms with van der Waals surface area (Å²) in [6.45, 7) is 1.68.